The van der Waals surface area contributed by atoms with Crippen LogP contribution in [0.5, 0.6) is 0 Å². The predicted molar refractivity (Wildman–Crippen MR) is 78.0 cm³/mol. The summed E-state index contributed by atoms with van der Waals surface area (Å²) in [6.07, 6.45) is 4.02. The van der Waals surface area contributed by atoms with Gasteiger partial charge in [0.25, 0.3) is 0 Å². The Morgan fingerprint density at radius 1 is 1.24 bits per heavy atom. The van der Waals surface area contributed by atoms with Crippen molar-refractivity contribution >= 4 is 11.8 Å². The predicted octanol–water partition coefficient (Wildman–Crippen LogP) is 2.06. The minimum Gasteiger partial charge on any atom is -0.350 e. The molecule has 5 heteroatoms. The van der Waals surface area contributed by atoms with Crippen LogP contribution in [0.15, 0.2) is 18.2 Å². The van der Waals surface area contributed by atoms with Crippen molar-refractivity contribution in [2.75, 3.05) is 6.54 Å². The van der Waals surface area contributed by atoms with Gasteiger partial charge in [-0.1, -0.05) is 25.0 Å². The fraction of sp³-hybridized carbons (Fsp3) is 0.500. The lowest BCUT2D eigenvalue weighted by Gasteiger charge is -2.11. The van der Waals surface area contributed by atoms with E-state index in [2.05, 4.69) is 10.6 Å². The first kappa shape index (κ1) is 15.5. The molecule has 1 saturated carbocycles. The summed E-state index contributed by atoms with van der Waals surface area (Å²) in [5.41, 5.74) is 1.39. The molecule has 4 nitrogen and oxygen atoms in total. The summed E-state index contributed by atoms with van der Waals surface area (Å²) in [5, 5.41) is 5.39. The number of aryl methyl sites for hydroxylation is 1. The summed E-state index contributed by atoms with van der Waals surface area (Å²) in [6, 6.07) is 4.73. The van der Waals surface area contributed by atoms with Crippen molar-refractivity contribution in [3.63, 3.8) is 0 Å². The fourth-order valence-electron chi connectivity index (χ4n) is 2.58. The quantitative estimate of drug-likeness (QED) is 0.872. The average Bonchev–Trinajstić information content (AvgIpc) is 3.00. The van der Waals surface area contributed by atoms with Crippen molar-refractivity contribution in [3.05, 3.63) is 35.1 Å². The van der Waals surface area contributed by atoms with Crippen molar-refractivity contribution in [1.29, 1.82) is 0 Å². The number of carbonyl (C=O) groups excluding carboxylic acids is 2. The second-order valence-electron chi connectivity index (χ2n) is 5.56. The largest absolute Gasteiger partial charge is 0.350 e. The van der Waals surface area contributed by atoms with Crippen molar-refractivity contribution < 1.29 is 14.0 Å². The van der Waals surface area contributed by atoms with Gasteiger partial charge in [0.1, 0.15) is 5.82 Å². The lowest BCUT2D eigenvalue weighted by molar-refractivity contribution is -0.128. The highest BCUT2D eigenvalue weighted by Crippen LogP contribution is 2.24. The SMILES string of the molecule is Cc1cc(CNC(=O)CNC(=O)C2CCCC2)ccc1F. The maximum Gasteiger partial charge on any atom is 0.239 e. The Kier molecular flexibility index (Phi) is 5.31. The zero-order valence-corrected chi connectivity index (χ0v) is 12.2. The van der Waals surface area contributed by atoms with Gasteiger partial charge in [0.05, 0.1) is 6.54 Å². The van der Waals surface area contributed by atoms with Crippen molar-refractivity contribution in [3.8, 4) is 0 Å². The Hall–Kier alpha value is -1.91. The Bertz CT molecular complexity index is 525. The molecule has 0 heterocycles. The molecule has 2 N–H and O–H groups in total. The molecule has 0 saturated heterocycles. The Morgan fingerprint density at radius 2 is 1.95 bits per heavy atom. The van der Waals surface area contributed by atoms with Gasteiger partial charge in [-0.05, 0) is 37.0 Å². The summed E-state index contributed by atoms with van der Waals surface area (Å²) in [5.74, 6) is -0.449. The monoisotopic (exact) mass is 292 g/mol. The number of benzene rings is 1. The van der Waals surface area contributed by atoms with Crippen LogP contribution in [-0.2, 0) is 16.1 Å². The first-order valence-corrected chi connectivity index (χ1v) is 7.35. The number of carbonyl (C=O) groups is 2. The molecule has 0 spiro atoms. The van der Waals surface area contributed by atoms with Gasteiger partial charge in [-0.25, -0.2) is 4.39 Å². The molecule has 2 rings (SSSR count). The topological polar surface area (TPSA) is 58.2 Å². The summed E-state index contributed by atoms with van der Waals surface area (Å²) >= 11 is 0. The van der Waals surface area contributed by atoms with Crippen LogP contribution in [0.4, 0.5) is 4.39 Å². The van der Waals surface area contributed by atoms with Crippen LogP contribution in [0.2, 0.25) is 0 Å². The summed E-state index contributed by atoms with van der Waals surface area (Å²) < 4.78 is 13.1. The minimum atomic E-state index is -0.256. The third-order valence-corrected chi connectivity index (χ3v) is 3.86. The standard InChI is InChI=1S/C16H21FN2O2/c1-11-8-12(6-7-14(11)17)9-18-15(20)10-19-16(21)13-4-2-3-5-13/h6-8,13H,2-5,9-10H2,1H3,(H,18,20)(H,19,21). The molecule has 0 atom stereocenters. The maximum absolute atomic E-state index is 13.1. The Labute approximate surface area is 124 Å². The van der Waals surface area contributed by atoms with Gasteiger partial charge in [0, 0.05) is 12.5 Å². The van der Waals surface area contributed by atoms with Gasteiger partial charge in [-0.2, -0.15) is 0 Å². The summed E-state index contributed by atoms with van der Waals surface area (Å²) in [4.78, 5) is 23.5. The Balaban J connectivity index is 1.71. The maximum atomic E-state index is 13.1. The first-order valence-electron chi connectivity index (χ1n) is 7.35. The van der Waals surface area contributed by atoms with Crippen molar-refractivity contribution in [2.45, 2.75) is 39.2 Å². The van der Waals surface area contributed by atoms with E-state index in [0.29, 0.717) is 12.1 Å². The third-order valence-electron chi connectivity index (χ3n) is 3.86. The van der Waals surface area contributed by atoms with E-state index in [1.54, 1.807) is 19.1 Å². The zero-order valence-electron chi connectivity index (χ0n) is 12.2. The molecular weight excluding hydrogens is 271 g/mol. The van der Waals surface area contributed by atoms with Gasteiger partial charge in [0.15, 0.2) is 0 Å². The molecule has 0 bridgehead atoms. The molecule has 2 amide bonds. The molecule has 114 valence electrons. The van der Waals surface area contributed by atoms with Crippen LogP contribution in [-0.4, -0.2) is 18.4 Å². The highest BCUT2D eigenvalue weighted by Gasteiger charge is 2.22. The van der Waals surface area contributed by atoms with E-state index >= 15 is 0 Å². The van der Waals surface area contributed by atoms with Gasteiger partial charge in [-0.15, -0.1) is 0 Å². The number of halogens is 1. The average molecular weight is 292 g/mol. The van der Waals surface area contributed by atoms with Crippen molar-refractivity contribution in [1.82, 2.24) is 10.6 Å². The summed E-state index contributed by atoms with van der Waals surface area (Å²) in [7, 11) is 0. The van der Waals surface area contributed by atoms with E-state index in [9.17, 15) is 14.0 Å². The van der Waals surface area contributed by atoms with Crippen LogP contribution in [0.25, 0.3) is 0 Å². The molecule has 21 heavy (non-hydrogen) atoms. The van der Waals surface area contributed by atoms with E-state index in [1.165, 1.54) is 6.07 Å². The van der Waals surface area contributed by atoms with E-state index in [1.807, 2.05) is 0 Å². The zero-order chi connectivity index (χ0) is 15.2. The lowest BCUT2D eigenvalue weighted by atomic mass is 10.1. The van der Waals surface area contributed by atoms with Crippen LogP contribution >= 0.6 is 0 Å². The molecule has 1 aliphatic rings. The second kappa shape index (κ2) is 7.20. The molecule has 1 aromatic carbocycles. The van der Waals surface area contributed by atoms with E-state index in [4.69, 9.17) is 0 Å². The van der Waals surface area contributed by atoms with Crippen LogP contribution < -0.4 is 10.6 Å². The number of rotatable bonds is 5. The third kappa shape index (κ3) is 4.55. The smallest absolute Gasteiger partial charge is 0.239 e. The fourth-order valence-corrected chi connectivity index (χ4v) is 2.58. The van der Waals surface area contributed by atoms with E-state index in [0.717, 1.165) is 31.2 Å². The van der Waals surface area contributed by atoms with Gasteiger partial charge < -0.3 is 10.6 Å². The molecule has 1 aromatic rings. The van der Waals surface area contributed by atoms with Gasteiger partial charge in [-0.3, -0.25) is 9.59 Å². The molecule has 1 fully saturated rings. The lowest BCUT2D eigenvalue weighted by Crippen LogP contribution is -2.38. The normalized spacial score (nSPS) is 15.0. The summed E-state index contributed by atoms with van der Waals surface area (Å²) in [6.45, 7) is 2.01. The number of hydrogen-bond donors (Lipinski definition) is 2. The van der Waals surface area contributed by atoms with E-state index < -0.39 is 0 Å². The molecule has 1 aliphatic carbocycles. The Morgan fingerprint density at radius 3 is 2.62 bits per heavy atom. The van der Waals surface area contributed by atoms with Gasteiger partial charge >= 0.3 is 0 Å². The molecule has 0 aliphatic heterocycles. The second-order valence-corrected chi connectivity index (χ2v) is 5.56. The number of nitrogens with one attached hydrogen (secondary N) is 2. The first-order chi connectivity index (χ1) is 10.1. The number of amides is 2. The molecular formula is C16H21FN2O2. The van der Waals surface area contributed by atoms with Crippen molar-refractivity contribution in [2.24, 2.45) is 5.92 Å². The van der Waals surface area contributed by atoms with Gasteiger partial charge in [0.2, 0.25) is 11.8 Å². The molecule has 0 unspecified atom stereocenters. The van der Waals surface area contributed by atoms with Crippen LogP contribution in [0, 0.1) is 18.7 Å². The highest BCUT2D eigenvalue weighted by atomic mass is 19.1. The van der Waals surface area contributed by atoms with E-state index in [-0.39, 0.29) is 30.1 Å². The van der Waals surface area contributed by atoms with Crippen LogP contribution in [0.1, 0.15) is 36.8 Å². The minimum absolute atomic E-state index is 0.00445. The highest BCUT2D eigenvalue weighted by molar-refractivity contribution is 5.85. The van der Waals surface area contributed by atoms with Crippen LogP contribution in [0.3, 0.4) is 0 Å². The number of hydrogen-bond acceptors (Lipinski definition) is 2. The molecule has 0 radical (unpaired) electrons. The molecule has 0 aromatic heterocycles.